The fraction of sp³-hybridized carbons (Fsp3) is 0.381. The lowest BCUT2D eigenvalue weighted by Gasteiger charge is -2.43. The van der Waals surface area contributed by atoms with Crippen LogP contribution in [0.1, 0.15) is 31.1 Å². The molecule has 30 heavy (non-hydrogen) atoms. The first-order valence-corrected chi connectivity index (χ1v) is 10.6. The van der Waals surface area contributed by atoms with Gasteiger partial charge in [0.15, 0.2) is 11.5 Å². The molecule has 0 saturated carbocycles. The SMILES string of the molecule is CCOc1ccc2c3c(ccc2c1C(=O)N[C@@H]1C(=O)N2[C@@H]1SC(C)(C)[C@@H]2C(=O)O)O3. The Labute approximate surface area is 176 Å². The average molecular weight is 428 g/mol. The highest BCUT2D eigenvalue weighted by Gasteiger charge is 2.64. The van der Waals surface area contributed by atoms with Crippen LogP contribution in [0.4, 0.5) is 0 Å². The van der Waals surface area contributed by atoms with Gasteiger partial charge in [0.25, 0.3) is 5.91 Å². The smallest absolute Gasteiger partial charge is 0.327 e. The van der Waals surface area contributed by atoms with Crippen LogP contribution in [0.15, 0.2) is 24.3 Å². The molecular formula is C21H20N2O6S. The molecule has 0 radical (unpaired) electrons. The number of carbonyl (C=O) groups is 3. The van der Waals surface area contributed by atoms with Crippen LogP contribution >= 0.6 is 11.8 Å². The molecule has 3 aliphatic heterocycles. The van der Waals surface area contributed by atoms with Crippen molar-refractivity contribution in [1.29, 1.82) is 0 Å². The van der Waals surface area contributed by atoms with Gasteiger partial charge in [-0.05, 0) is 45.0 Å². The summed E-state index contributed by atoms with van der Waals surface area (Å²) in [5.41, 5.74) is 0.343. The molecule has 5 rings (SSSR count). The molecule has 0 aromatic heterocycles. The van der Waals surface area contributed by atoms with Gasteiger partial charge in [-0.1, -0.05) is 0 Å². The van der Waals surface area contributed by atoms with Crippen molar-refractivity contribution in [2.45, 2.75) is 43.0 Å². The first-order valence-electron chi connectivity index (χ1n) is 9.68. The van der Waals surface area contributed by atoms with Crippen LogP contribution in [0.25, 0.3) is 10.8 Å². The highest BCUT2D eigenvalue weighted by Crippen LogP contribution is 2.52. The highest BCUT2D eigenvalue weighted by atomic mass is 32.2. The first-order chi connectivity index (χ1) is 14.2. The summed E-state index contributed by atoms with van der Waals surface area (Å²) < 4.78 is 10.5. The van der Waals surface area contributed by atoms with Crippen LogP contribution < -0.4 is 14.8 Å². The van der Waals surface area contributed by atoms with Crippen molar-refractivity contribution in [3.63, 3.8) is 0 Å². The number of hydrogen-bond acceptors (Lipinski definition) is 6. The maximum absolute atomic E-state index is 13.3. The van der Waals surface area contributed by atoms with Crippen LogP contribution in [0.2, 0.25) is 0 Å². The van der Waals surface area contributed by atoms with Gasteiger partial charge in [0.05, 0.1) is 12.2 Å². The minimum Gasteiger partial charge on any atom is -0.493 e. The Hall–Kier alpha value is -2.94. The first kappa shape index (κ1) is 19.0. The lowest BCUT2D eigenvalue weighted by atomic mass is 9.95. The quantitative estimate of drug-likeness (QED) is 0.475. The number of ether oxygens (including phenoxy) is 2. The summed E-state index contributed by atoms with van der Waals surface area (Å²) in [6.45, 7) is 5.81. The van der Waals surface area contributed by atoms with E-state index in [1.54, 1.807) is 32.0 Å². The molecule has 9 heteroatoms. The van der Waals surface area contributed by atoms with E-state index in [0.717, 1.165) is 16.9 Å². The summed E-state index contributed by atoms with van der Waals surface area (Å²) in [5, 5.41) is 13.4. The molecule has 2 fully saturated rings. The Bertz CT molecular complexity index is 1130. The number of benzene rings is 2. The molecule has 2 N–H and O–H groups in total. The summed E-state index contributed by atoms with van der Waals surface area (Å²) in [7, 11) is 0. The van der Waals surface area contributed by atoms with Crippen LogP contribution in [0.5, 0.6) is 17.2 Å². The Balaban J connectivity index is 1.47. The molecule has 0 aliphatic carbocycles. The number of nitrogens with one attached hydrogen (secondary N) is 1. The van der Waals surface area contributed by atoms with Gasteiger partial charge < -0.3 is 24.8 Å². The predicted molar refractivity (Wildman–Crippen MR) is 110 cm³/mol. The van der Waals surface area contributed by atoms with Gasteiger partial charge in [0.1, 0.15) is 23.2 Å². The number of rotatable bonds is 5. The summed E-state index contributed by atoms with van der Waals surface area (Å²) in [5.74, 6) is 0.101. The van der Waals surface area contributed by atoms with E-state index in [0.29, 0.717) is 23.3 Å². The summed E-state index contributed by atoms with van der Waals surface area (Å²) in [6.07, 6.45) is 0. The molecule has 3 atom stereocenters. The standard InChI is InChI=1S/C21H20N2O6S/c1-4-28-11-7-6-10-9(5-8-12-15(10)29-12)13(11)17(24)22-14-18(25)23-16(20(26)27)21(2,3)30-19(14)23/h5-8,14,16,19H,4H2,1-3H3,(H,22,24)(H,26,27)/t14-,16+,19-/m1/s1. The summed E-state index contributed by atoms with van der Waals surface area (Å²) in [4.78, 5) is 39.0. The van der Waals surface area contributed by atoms with Crippen molar-refractivity contribution in [3.8, 4) is 17.2 Å². The zero-order chi connectivity index (χ0) is 21.4. The minimum absolute atomic E-state index is 0.343. The Morgan fingerprint density at radius 3 is 2.70 bits per heavy atom. The van der Waals surface area contributed by atoms with Crippen molar-refractivity contribution in [2.24, 2.45) is 0 Å². The molecule has 0 spiro atoms. The summed E-state index contributed by atoms with van der Waals surface area (Å²) in [6, 6.07) is 5.49. The molecule has 156 valence electrons. The molecule has 2 aromatic carbocycles. The molecular weight excluding hydrogens is 408 g/mol. The number of hydrogen-bond donors (Lipinski definition) is 2. The molecule has 2 saturated heterocycles. The zero-order valence-electron chi connectivity index (χ0n) is 16.6. The van der Waals surface area contributed by atoms with E-state index in [-0.39, 0.29) is 5.91 Å². The van der Waals surface area contributed by atoms with Crippen LogP contribution in [0.3, 0.4) is 0 Å². The third kappa shape index (κ3) is 2.57. The van der Waals surface area contributed by atoms with Crippen LogP contribution in [0, 0.1) is 0 Å². The van der Waals surface area contributed by atoms with Gasteiger partial charge in [-0.2, -0.15) is 0 Å². The van der Waals surface area contributed by atoms with Gasteiger partial charge in [-0.3, -0.25) is 9.59 Å². The Kier molecular flexibility index (Phi) is 3.99. The fourth-order valence-electron chi connectivity index (χ4n) is 4.38. The largest absolute Gasteiger partial charge is 0.493 e. The van der Waals surface area contributed by atoms with Crippen LogP contribution in [-0.2, 0) is 9.59 Å². The van der Waals surface area contributed by atoms with E-state index in [1.807, 2.05) is 13.0 Å². The van der Waals surface area contributed by atoms with Gasteiger partial charge in [0.2, 0.25) is 5.91 Å². The van der Waals surface area contributed by atoms with Crippen molar-refractivity contribution < 1.29 is 29.0 Å². The number of amides is 2. The van der Waals surface area contributed by atoms with Gasteiger partial charge >= 0.3 is 5.97 Å². The second kappa shape index (κ2) is 6.28. The van der Waals surface area contributed by atoms with Crippen molar-refractivity contribution in [1.82, 2.24) is 10.2 Å². The molecule has 0 unspecified atom stereocenters. The van der Waals surface area contributed by atoms with Crippen molar-refractivity contribution >= 4 is 40.3 Å². The predicted octanol–water partition coefficient (Wildman–Crippen LogP) is 2.59. The minimum atomic E-state index is -1.04. The number of β-lactam (4-membered cyclic amide) rings is 1. The Morgan fingerprint density at radius 1 is 1.27 bits per heavy atom. The lowest BCUT2D eigenvalue weighted by Crippen LogP contribution is -2.70. The molecule has 0 bridgehead atoms. The topological polar surface area (TPSA) is 108 Å². The number of carboxylic acids is 1. The third-order valence-corrected chi connectivity index (χ3v) is 7.31. The van der Waals surface area contributed by atoms with Gasteiger partial charge in [-0.15, -0.1) is 11.8 Å². The van der Waals surface area contributed by atoms with E-state index >= 15 is 0 Å². The average Bonchev–Trinajstić information content (AvgIpc) is 3.43. The molecule has 3 heterocycles. The highest BCUT2D eigenvalue weighted by molar-refractivity contribution is 8.01. The number of carbonyl (C=O) groups excluding carboxylic acids is 2. The van der Waals surface area contributed by atoms with Gasteiger partial charge in [0, 0.05) is 15.5 Å². The maximum atomic E-state index is 13.3. The molecule has 8 nitrogen and oxygen atoms in total. The van der Waals surface area contributed by atoms with E-state index in [1.165, 1.54) is 16.7 Å². The van der Waals surface area contributed by atoms with E-state index in [9.17, 15) is 19.5 Å². The van der Waals surface area contributed by atoms with E-state index in [2.05, 4.69) is 5.32 Å². The summed E-state index contributed by atoms with van der Waals surface area (Å²) >= 11 is 1.39. The second-order valence-corrected chi connectivity index (χ2v) is 9.78. The molecule has 3 aliphatic rings. The number of aliphatic carboxylic acids is 1. The lowest BCUT2D eigenvalue weighted by molar-refractivity contribution is -0.159. The van der Waals surface area contributed by atoms with Crippen LogP contribution in [-0.4, -0.2) is 56.6 Å². The zero-order valence-corrected chi connectivity index (χ0v) is 17.4. The van der Waals surface area contributed by atoms with Crippen molar-refractivity contribution in [3.05, 3.63) is 29.8 Å². The molecule has 2 amide bonds. The fourth-order valence-corrected chi connectivity index (χ4v) is 6.01. The monoisotopic (exact) mass is 428 g/mol. The van der Waals surface area contributed by atoms with Gasteiger partial charge in [-0.25, -0.2) is 4.79 Å². The molecule has 2 aromatic rings. The van der Waals surface area contributed by atoms with E-state index < -0.39 is 34.1 Å². The second-order valence-electron chi connectivity index (χ2n) is 8.01. The number of nitrogens with zero attached hydrogens (tertiary/aromatic N) is 1. The third-order valence-electron chi connectivity index (χ3n) is 5.74. The van der Waals surface area contributed by atoms with E-state index in [4.69, 9.17) is 9.47 Å². The maximum Gasteiger partial charge on any atom is 0.327 e. The normalized spacial score (nSPS) is 25.1. The number of fused-ring (bicyclic) bond motifs is 4. The number of carboxylic acid groups (broad SMARTS) is 1. The number of thioether (sulfide) groups is 1. The van der Waals surface area contributed by atoms with Crippen molar-refractivity contribution in [2.75, 3.05) is 6.61 Å². The Morgan fingerprint density at radius 2 is 2.00 bits per heavy atom.